The van der Waals surface area contributed by atoms with Crippen LogP contribution in [0.25, 0.3) is 0 Å². The lowest BCUT2D eigenvalue weighted by Gasteiger charge is -2.16. The normalized spacial score (nSPS) is 13.7. The van der Waals surface area contributed by atoms with Gasteiger partial charge in [-0.05, 0) is 31.8 Å². The van der Waals surface area contributed by atoms with Gasteiger partial charge in [0.25, 0.3) is 0 Å². The molecular formula is C22H40NO4. The van der Waals surface area contributed by atoms with Crippen LogP contribution >= 0.6 is 0 Å². The van der Waals surface area contributed by atoms with Crippen molar-refractivity contribution in [3.05, 3.63) is 22.3 Å². The first-order valence-corrected chi connectivity index (χ1v) is 11.0. The molecule has 5 heteroatoms. The number of aliphatic hydroxyl groups is 1. The van der Waals surface area contributed by atoms with Gasteiger partial charge in [0.1, 0.15) is 6.10 Å². The van der Waals surface area contributed by atoms with Gasteiger partial charge in [0, 0.05) is 11.3 Å². The standard InChI is InChI=1S/C22H40NO4/c1-2-3-4-16-19-22(25)21(23(26)27)18-15-13-11-9-7-5-6-8-10-12-14-17-20-24/h14,17,21-22,25H,2-13,15-16,18-19H2,1H3. The van der Waals surface area contributed by atoms with Crippen molar-refractivity contribution in [2.24, 2.45) is 0 Å². The first kappa shape index (κ1) is 25.8. The Morgan fingerprint density at radius 2 is 1.41 bits per heavy atom. The van der Waals surface area contributed by atoms with Gasteiger partial charge in [-0.1, -0.05) is 83.6 Å². The number of allylic oxidation sites excluding steroid dienone is 2. The summed E-state index contributed by atoms with van der Waals surface area (Å²) in [7, 11) is 0. The first-order chi connectivity index (χ1) is 13.1. The molecule has 1 radical (unpaired) electrons. The second-order valence-electron chi connectivity index (χ2n) is 7.55. The molecule has 1 N–H and O–H groups in total. The van der Waals surface area contributed by atoms with E-state index in [1.165, 1.54) is 38.2 Å². The lowest BCUT2D eigenvalue weighted by atomic mass is 9.98. The van der Waals surface area contributed by atoms with E-state index in [4.69, 9.17) is 0 Å². The number of hydrogen-bond donors (Lipinski definition) is 1. The third kappa shape index (κ3) is 16.7. The van der Waals surface area contributed by atoms with Gasteiger partial charge in [-0.15, -0.1) is 0 Å². The molecule has 0 bridgehead atoms. The lowest BCUT2D eigenvalue weighted by molar-refractivity contribution is -0.535. The Morgan fingerprint density at radius 3 is 1.96 bits per heavy atom. The quantitative estimate of drug-likeness (QED) is 0.123. The summed E-state index contributed by atoms with van der Waals surface area (Å²) < 4.78 is 0. The Kier molecular flexibility index (Phi) is 18.6. The van der Waals surface area contributed by atoms with Crippen molar-refractivity contribution >= 4 is 6.29 Å². The molecule has 0 spiro atoms. The van der Waals surface area contributed by atoms with Crippen LogP contribution in [0.3, 0.4) is 0 Å². The molecule has 0 aromatic heterocycles. The van der Waals surface area contributed by atoms with E-state index in [0.717, 1.165) is 57.8 Å². The molecule has 5 nitrogen and oxygen atoms in total. The summed E-state index contributed by atoms with van der Waals surface area (Å²) in [5.74, 6) is 0. The predicted octanol–water partition coefficient (Wildman–Crippen LogP) is 5.92. The van der Waals surface area contributed by atoms with Crippen LogP contribution in [0.5, 0.6) is 0 Å². The topological polar surface area (TPSA) is 80.4 Å². The van der Waals surface area contributed by atoms with Crippen LogP contribution in [0.15, 0.2) is 12.2 Å². The maximum absolute atomic E-state index is 11.2. The average molecular weight is 383 g/mol. The maximum Gasteiger partial charge on any atom is 0.238 e. The minimum Gasteiger partial charge on any atom is -0.386 e. The van der Waals surface area contributed by atoms with E-state index in [1.54, 1.807) is 6.29 Å². The zero-order valence-electron chi connectivity index (χ0n) is 17.2. The van der Waals surface area contributed by atoms with Gasteiger partial charge in [0.2, 0.25) is 12.3 Å². The molecule has 0 aromatic rings. The molecule has 0 amide bonds. The Balaban J connectivity index is 3.59. The van der Waals surface area contributed by atoms with E-state index < -0.39 is 12.1 Å². The van der Waals surface area contributed by atoms with E-state index in [2.05, 4.69) is 6.92 Å². The third-order valence-electron chi connectivity index (χ3n) is 5.12. The molecule has 0 saturated carbocycles. The van der Waals surface area contributed by atoms with E-state index in [9.17, 15) is 20.0 Å². The van der Waals surface area contributed by atoms with Crippen LogP contribution in [0.2, 0.25) is 0 Å². The average Bonchev–Trinajstić information content (AvgIpc) is 2.65. The van der Waals surface area contributed by atoms with Crippen molar-refractivity contribution in [2.45, 2.75) is 122 Å². The van der Waals surface area contributed by atoms with Gasteiger partial charge in [0.15, 0.2) is 0 Å². The molecule has 157 valence electrons. The second kappa shape index (κ2) is 19.5. The SMILES string of the molecule is CCCCCCC(O)C(CCCCCCCCCCCC=C[C]=O)[N+](=O)[O-]. The Hall–Kier alpha value is -1.23. The number of nitrogens with zero attached hydrogens (tertiary/aromatic N) is 1. The van der Waals surface area contributed by atoms with E-state index in [1.807, 2.05) is 6.08 Å². The molecule has 0 rings (SSSR count). The zero-order chi connectivity index (χ0) is 20.2. The summed E-state index contributed by atoms with van der Waals surface area (Å²) in [5, 5.41) is 21.3. The van der Waals surface area contributed by atoms with Crippen LogP contribution in [-0.2, 0) is 4.79 Å². The molecule has 0 saturated heterocycles. The summed E-state index contributed by atoms with van der Waals surface area (Å²) in [6.07, 6.45) is 20.6. The Bertz CT molecular complexity index is 385. The zero-order valence-corrected chi connectivity index (χ0v) is 17.2. The highest BCUT2D eigenvalue weighted by molar-refractivity contribution is 5.65. The van der Waals surface area contributed by atoms with Crippen LogP contribution < -0.4 is 0 Å². The lowest BCUT2D eigenvalue weighted by Crippen LogP contribution is -2.33. The largest absolute Gasteiger partial charge is 0.386 e. The fourth-order valence-corrected chi connectivity index (χ4v) is 3.40. The molecule has 27 heavy (non-hydrogen) atoms. The highest BCUT2D eigenvalue weighted by Gasteiger charge is 2.28. The Labute approximate surface area is 165 Å². The second-order valence-corrected chi connectivity index (χ2v) is 7.55. The number of nitro groups is 1. The van der Waals surface area contributed by atoms with Crippen molar-refractivity contribution in [3.63, 3.8) is 0 Å². The van der Waals surface area contributed by atoms with Gasteiger partial charge in [0.05, 0.1) is 0 Å². The number of rotatable bonds is 20. The van der Waals surface area contributed by atoms with Crippen molar-refractivity contribution in [1.82, 2.24) is 0 Å². The number of hydrogen-bond acceptors (Lipinski definition) is 4. The molecule has 2 unspecified atom stereocenters. The summed E-state index contributed by atoms with van der Waals surface area (Å²) in [6.45, 7) is 2.13. The van der Waals surface area contributed by atoms with Crippen LogP contribution in [0.1, 0.15) is 110 Å². The Morgan fingerprint density at radius 1 is 0.889 bits per heavy atom. The van der Waals surface area contributed by atoms with Crippen LogP contribution in [0, 0.1) is 10.1 Å². The molecule has 0 fully saturated rings. The predicted molar refractivity (Wildman–Crippen MR) is 111 cm³/mol. The van der Waals surface area contributed by atoms with E-state index in [-0.39, 0.29) is 4.92 Å². The van der Waals surface area contributed by atoms with Gasteiger partial charge < -0.3 is 5.11 Å². The number of carbonyl (C=O) groups excluding carboxylic acids is 1. The fraction of sp³-hybridized carbons (Fsp3) is 0.864. The number of aliphatic hydroxyl groups excluding tert-OH is 1. The minimum atomic E-state index is -0.795. The molecule has 0 aliphatic carbocycles. The summed E-state index contributed by atoms with van der Waals surface area (Å²) in [4.78, 5) is 20.9. The summed E-state index contributed by atoms with van der Waals surface area (Å²) >= 11 is 0. The highest BCUT2D eigenvalue weighted by Crippen LogP contribution is 2.17. The fourth-order valence-electron chi connectivity index (χ4n) is 3.40. The van der Waals surface area contributed by atoms with Crippen molar-refractivity contribution in [1.29, 1.82) is 0 Å². The van der Waals surface area contributed by atoms with Gasteiger partial charge in [-0.2, -0.15) is 0 Å². The minimum absolute atomic E-state index is 0.285. The molecule has 0 aliphatic heterocycles. The van der Waals surface area contributed by atoms with Crippen LogP contribution in [0.4, 0.5) is 0 Å². The molecule has 0 aromatic carbocycles. The summed E-state index contributed by atoms with van der Waals surface area (Å²) in [5.41, 5.74) is 0. The summed E-state index contributed by atoms with van der Waals surface area (Å²) in [6, 6.07) is -0.794. The van der Waals surface area contributed by atoms with Gasteiger partial charge in [-0.25, -0.2) is 0 Å². The third-order valence-corrected chi connectivity index (χ3v) is 5.12. The first-order valence-electron chi connectivity index (χ1n) is 11.0. The van der Waals surface area contributed by atoms with Gasteiger partial charge in [-0.3, -0.25) is 14.9 Å². The monoisotopic (exact) mass is 382 g/mol. The molecule has 0 aliphatic rings. The van der Waals surface area contributed by atoms with Crippen molar-refractivity contribution < 1.29 is 14.8 Å². The van der Waals surface area contributed by atoms with E-state index in [0.29, 0.717) is 12.8 Å². The molecule has 0 heterocycles. The van der Waals surface area contributed by atoms with Crippen molar-refractivity contribution in [3.8, 4) is 0 Å². The van der Waals surface area contributed by atoms with Crippen molar-refractivity contribution in [2.75, 3.05) is 0 Å². The smallest absolute Gasteiger partial charge is 0.238 e. The molecular weight excluding hydrogens is 342 g/mol. The maximum atomic E-state index is 11.2. The van der Waals surface area contributed by atoms with Gasteiger partial charge >= 0.3 is 0 Å². The highest BCUT2D eigenvalue weighted by atomic mass is 16.6. The molecule has 2 atom stereocenters. The van der Waals surface area contributed by atoms with E-state index >= 15 is 0 Å². The van der Waals surface area contributed by atoms with Crippen LogP contribution in [-0.4, -0.2) is 28.5 Å². The number of unbranched alkanes of at least 4 members (excludes halogenated alkanes) is 12.